The summed E-state index contributed by atoms with van der Waals surface area (Å²) in [5.41, 5.74) is 0.787. The van der Waals surface area contributed by atoms with Crippen molar-refractivity contribution in [1.29, 1.82) is 0 Å². The lowest BCUT2D eigenvalue weighted by Gasteiger charge is -2.32. The molecule has 1 saturated carbocycles. The van der Waals surface area contributed by atoms with Crippen LogP contribution in [0.2, 0.25) is 0 Å². The van der Waals surface area contributed by atoms with Gasteiger partial charge >= 0.3 is 0 Å². The van der Waals surface area contributed by atoms with E-state index in [1.807, 2.05) is 30.3 Å². The first kappa shape index (κ1) is 14.0. The van der Waals surface area contributed by atoms with Crippen LogP contribution in [0, 0.1) is 0 Å². The molecular formula is C17H20N2O2. The van der Waals surface area contributed by atoms with Crippen molar-refractivity contribution in [3.8, 4) is 11.3 Å². The van der Waals surface area contributed by atoms with Gasteiger partial charge in [-0.05, 0) is 18.9 Å². The number of aliphatic hydroxyl groups is 1. The van der Waals surface area contributed by atoms with Crippen molar-refractivity contribution in [3.05, 3.63) is 52.8 Å². The Kier molecular flexibility index (Phi) is 3.88. The fourth-order valence-electron chi connectivity index (χ4n) is 2.97. The van der Waals surface area contributed by atoms with E-state index >= 15 is 0 Å². The second-order valence-corrected chi connectivity index (χ2v) is 5.87. The standard InChI is InChI=1S/C17H20N2O2/c20-16-10-9-15(14-7-3-1-4-8-14)18-19(16)13-17(21)11-5-2-6-12-17/h1,3-4,7-10,21H,2,5-6,11-13H2. The van der Waals surface area contributed by atoms with Crippen LogP contribution in [0.4, 0.5) is 0 Å². The van der Waals surface area contributed by atoms with Crippen LogP contribution in [0.5, 0.6) is 0 Å². The molecule has 0 bridgehead atoms. The van der Waals surface area contributed by atoms with Crippen LogP contribution in [0.25, 0.3) is 11.3 Å². The van der Waals surface area contributed by atoms with Gasteiger partial charge in [-0.25, -0.2) is 4.68 Å². The maximum atomic E-state index is 12.0. The van der Waals surface area contributed by atoms with Crippen molar-refractivity contribution in [1.82, 2.24) is 9.78 Å². The molecule has 1 N–H and O–H groups in total. The molecule has 0 saturated heterocycles. The zero-order chi connectivity index (χ0) is 14.7. The third-order valence-electron chi connectivity index (χ3n) is 4.16. The molecule has 0 unspecified atom stereocenters. The highest BCUT2D eigenvalue weighted by Gasteiger charge is 2.30. The Morgan fingerprint density at radius 1 is 1.05 bits per heavy atom. The second-order valence-electron chi connectivity index (χ2n) is 5.87. The van der Waals surface area contributed by atoms with Crippen LogP contribution < -0.4 is 5.56 Å². The topological polar surface area (TPSA) is 55.1 Å². The maximum Gasteiger partial charge on any atom is 0.266 e. The molecule has 1 aliphatic carbocycles. The minimum Gasteiger partial charge on any atom is -0.388 e. The Balaban J connectivity index is 1.90. The van der Waals surface area contributed by atoms with Crippen molar-refractivity contribution in [2.24, 2.45) is 0 Å². The van der Waals surface area contributed by atoms with Gasteiger partial charge in [0, 0.05) is 11.6 Å². The van der Waals surface area contributed by atoms with E-state index in [1.165, 1.54) is 10.7 Å². The van der Waals surface area contributed by atoms with Crippen LogP contribution in [-0.2, 0) is 6.54 Å². The summed E-state index contributed by atoms with van der Waals surface area (Å²) in [6.45, 7) is 0.284. The largest absolute Gasteiger partial charge is 0.388 e. The lowest BCUT2D eigenvalue weighted by atomic mass is 9.85. The van der Waals surface area contributed by atoms with Gasteiger partial charge in [0.25, 0.3) is 5.56 Å². The van der Waals surface area contributed by atoms with Crippen LogP contribution in [0.1, 0.15) is 32.1 Å². The van der Waals surface area contributed by atoms with E-state index in [1.54, 1.807) is 6.07 Å². The quantitative estimate of drug-likeness (QED) is 0.942. The third-order valence-corrected chi connectivity index (χ3v) is 4.16. The Bertz CT molecular complexity index is 658. The molecule has 4 nitrogen and oxygen atoms in total. The smallest absolute Gasteiger partial charge is 0.266 e. The molecule has 3 rings (SSSR count). The summed E-state index contributed by atoms with van der Waals surface area (Å²) < 4.78 is 1.41. The minimum atomic E-state index is -0.787. The molecule has 2 aromatic rings. The molecule has 0 aliphatic heterocycles. The van der Waals surface area contributed by atoms with Crippen molar-refractivity contribution < 1.29 is 5.11 Å². The van der Waals surface area contributed by atoms with E-state index in [0.717, 1.165) is 43.4 Å². The van der Waals surface area contributed by atoms with Crippen molar-refractivity contribution >= 4 is 0 Å². The molecule has 0 amide bonds. The third kappa shape index (κ3) is 3.22. The predicted molar refractivity (Wildman–Crippen MR) is 82.0 cm³/mol. The summed E-state index contributed by atoms with van der Waals surface area (Å²) in [6.07, 6.45) is 4.69. The number of rotatable bonds is 3. The first-order chi connectivity index (χ1) is 10.2. The molecule has 0 atom stereocenters. The Morgan fingerprint density at radius 3 is 2.48 bits per heavy atom. The predicted octanol–water partition coefficient (Wildman–Crippen LogP) is 2.61. The molecule has 1 aromatic heterocycles. The van der Waals surface area contributed by atoms with E-state index < -0.39 is 5.60 Å². The summed E-state index contributed by atoms with van der Waals surface area (Å²) >= 11 is 0. The molecule has 1 aromatic carbocycles. The summed E-state index contributed by atoms with van der Waals surface area (Å²) in [7, 11) is 0. The molecule has 1 aliphatic rings. The van der Waals surface area contributed by atoms with Crippen LogP contribution in [-0.4, -0.2) is 20.5 Å². The van der Waals surface area contributed by atoms with E-state index in [-0.39, 0.29) is 12.1 Å². The van der Waals surface area contributed by atoms with Gasteiger partial charge in [-0.1, -0.05) is 49.6 Å². The highest BCUT2D eigenvalue weighted by molar-refractivity contribution is 5.57. The van der Waals surface area contributed by atoms with Crippen molar-refractivity contribution in [2.45, 2.75) is 44.2 Å². The molecule has 0 radical (unpaired) electrons. The Hall–Kier alpha value is -1.94. The zero-order valence-corrected chi connectivity index (χ0v) is 12.0. The van der Waals surface area contributed by atoms with Crippen LogP contribution in [0.15, 0.2) is 47.3 Å². The first-order valence-electron chi connectivity index (χ1n) is 7.52. The van der Waals surface area contributed by atoms with Crippen molar-refractivity contribution in [2.75, 3.05) is 0 Å². The van der Waals surface area contributed by atoms with E-state index in [4.69, 9.17) is 0 Å². The summed E-state index contributed by atoms with van der Waals surface area (Å²) in [4.78, 5) is 12.0. The number of hydrogen-bond acceptors (Lipinski definition) is 3. The molecule has 1 heterocycles. The lowest BCUT2D eigenvalue weighted by Crippen LogP contribution is -2.40. The molecule has 110 valence electrons. The molecule has 0 spiro atoms. The average Bonchev–Trinajstić information content (AvgIpc) is 2.51. The SMILES string of the molecule is O=c1ccc(-c2ccccc2)nn1CC1(O)CCCCC1. The molecule has 4 heteroatoms. The Morgan fingerprint density at radius 2 is 1.76 bits per heavy atom. The van der Waals surface area contributed by atoms with Gasteiger partial charge in [-0.2, -0.15) is 5.10 Å². The number of nitrogens with zero attached hydrogens (tertiary/aromatic N) is 2. The van der Waals surface area contributed by atoms with Crippen LogP contribution in [0.3, 0.4) is 0 Å². The van der Waals surface area contributed by atoms with Gasteiger partial charge in [-0.15, -0.1) is 0 Å². The van der Waals surface area contributed by atoms with Gasteiger partial charge in [0.15, 0.2) is 0 Å². The molecule has 21 heavy (non-hydrogen) atoms. The second kappa shape index (κ2) is 5.82. The number of aromatic nitrogens is 2. The van der Waals surface area contributed by atoms with E-state index in [9.17, 15) is 9.90 Å². The van der Waals surface area contributed by atoms with Crippen LogP contribution >= 0.6 is 0 Å². The highest BCUT2D eigenvalue weighted by Crippen LogP contribution is 2.29. The highest BCUT2D eigenvalue weighted by atomic mass is 16.3. The lowest BCUT2D eigenvalue weighted by molar-refractivity contribution is -0.0153. The maximum absolute atomic E-state index is 12.0. The normalized spacial score (nSPS) is 17.6. The molecule has 1 fully saturated rings. The first-order valence-corrected chi connectivity index (χ1v) is 7.52. The summed E-state index contributed by atoms with van der Waals surface area (Å²) in [5.74, 6) is 0. The van der Waals surface area contributed by atoms with Gasteiger partial charge in [-0.3, -0.25) is 4.79 Å². The molecular weight excluding hydrogens is 264 g/mol. The van der Waals surface area contributed by atoms with Gasteiger partial charge in [0.1, 0.15) is 0 Å². The minimum absolute atomic E-state index is 0.159. The van der Waals surface area contributed by atoms with Gasteiger partial charge in [0.2, 0.25) is 0 Å². The average molecular weight is 284 g/mol. The van der Waals surface area contributed by atoms with E-state index in [0.29, 0.717) is 0 Å². The van der Waals surface area contributed by atoms with Crippen molar-refractivity contribution in [3.63, 3.8) is 0 Å². The fourth-order valence-corrected chi connectivity index (χ4v) is 2.97. The Labute approximate surface area is 124 Å². The monoisotopic (exact) mass is 284 g/mol. The van der Waals surface area contributed by atoms with E-state index in [2.05, 4.69) is 5.10 Å². The van der Waals surface area contributed by atoms with Gasteiger partial charge < -0.3 is 5.11 Å². The number of hydrogen-bond donors (Lipinski definition) is 1. The fraction of sp³-hybridized carbons (Fsp3) is 0.412. The summed E-state index contributed by atoms with van der Waals surface area (Å²) in [6, 6.07) is 13.0. The summed E-state index contributed by atoms with van der Waals surface area (Å²) in [5, 5.41) is 15.0. The zero-order valence-electron chi connectivity index (χ0n) is 12.0. The van der Waals surface area contributed by atoms with Gasteiger partial charge in [0.05, 0.1) is 17.8 Å². The number of benzene rings is 1.